The van der Waals surface area contributed by atoms with E-state index in [4.69, 9.17) is 0 Å². The van der Waals surface area contributed by atoms with Crippen LogP contribution in [0.3, 0.4) is 0 Å². The second kappa shape index (κ2) is 6.76. The van der Waals surface area contributed by atoms with Crippen LogP contribution in [0.25, 0.3) is 16.8 Å². The number of rotatable bonds is 5. The van der Waals surface area contributed by atoms with E-state index < -0.39 is 0 Å². The van der Waals surface area contributed by atoms with Gasteiger partial charge < -0.3 is 5.32 Å². The fraction of sp³-hybridized carbons (Fsp3) is 0.100. The van der Waals surface area contributed by atoms with Crippen molar-refractivity contribution in [3.63, 3.8) is 0 Å². The Hall–Kier alpha value is -3.54. The van der Waals surface area contributed by atoms with Crippen LogP contribution in [0.15, 0.2) is 67.3 Å². The van der Waals surface area contributed by atoms with Gasteiger partial charge in [-0.05, 0) is 42.3 Å². The van der Waals surface area contributed by atoms with Crippen LogP contribution in [-0.4, -0.2) is 25.4 Å². The van der Waals surface area contributed by atoms with Gasteiger partial charge in [-0.25, -0.2) is 9.50 Å². The third kappa shape index (κ3) is 3.17. The molecule has 0 amide bonds. The van der Waals surface area contributed by atoms with Gasteiger partial charge in [0.15, 0.2) is 11.4 Å². The van der Waals surface area contributed by atoms with Crippen LogP contribution in [0.1, 0.15) is 22.8 Å². The maximum atomic E-state index is 11.7. The molecular formula is C20H17N5O. The van der Waals surface area contributed by atoms with E-state index in [1.165, 1.54) is 0 Å². The van der Waals surface area contributed by atoms with Crippen molar-refractivity contribution in [1.82, 2.24) is 19.6 Å². The second-order valence-electron chi connectivity index (χ2n) is 5.99. The number of Topliss-reactive ketones (excluding diaryl/α,β-unsaturated/α-hetero) is 1. The number of pyridine rings is 1. The molecule has 0 fully saturated rings. The number of anilines is 1. The number of hydrogen-bond acceptors (Lipinski definition) is 5. The van der Waals surface area contributed by atoms with Gasteiger partial charge in [-0.3, -0.25) is 9.78 Å². The van der Waals surface area contributed by atoms with Crippen molar-refractivity contribution in [2.24, 2.45) is 0 Å². The zero-order chi connectivity index (χ0) is 17.9. The van der Waals surface area contributed by atoms with Gasteiger partial charge in [-0.2, -0.15) is 5.10 Å². The number of aromatic nitrogens is 4. The van der Waals surface area contributed by atoms with E-state index in [1.54, 1.807) is 30.0 Å². The molecule has 0 atom stereocenters. The summed E-state index contributed by atoms with van der Waals surface area (Å²) in [4.78, 5) is 20.4. The summed E-state index contributed by atoms with van der Waals surface area (Å²) in [6.07, 6.45) is 7.18. The zero-order valence-electron chi connectivity index (χ0n) is 14.3. The van der Waals surface area contributed by atoms with E-state index >= 15 is 0 Å². The summed E-state index contributed by atoms with van der Waals surface area (Å²) in [6.45, 7) is 2.23. The Morgan fingerprint density at radius 3 is 2.81 bits per heavy atom. The first-order valence-electron chi connectivity index (χ1n) is 8.29. The molecular weight excluding hydrogens is 326 g/mol. The third-order valence-corrected chi connectivity index (χ3v) is 4.17. The topological polar surface area (TPSA) is 72.2 Å². The molecule has 26 heavy (non-hydrogen) atoms. The molecule has 0 aliphatic carbocycles. The van der Waals surface area contributed by atoms with Crippen LogP contribution in [-0.2, 0) is 6.54 Å². The summed E-state index contributed by atoms with van der Waals surface area (Å²) in [6, 6.07) is 13.3. The van der Waals surface area contributed by atoms with Gasteiger partial charge in [0.05, 0.1) is 6.20 Å². The predicted octanol–water partition coefficient (Wildman–Crippen LogP) is 3.61. The number of nitrogens with zero attached hydrogens (tertiary/aromatic N) is 4. The Kier molecular flexibility index (Phi) is 4.15. The minimum Gasteiger partial charge on any atom is -0.366 e. The smallest absolute Gasteiger partial charge is 0.165 e. The van der Waals surface area contributed by atoms with E-state index in [1.807, 2.05) is 48.7 Å². The van der Waals surface area contributed by atoms with Crippen LogP contribution < -0.4 is 5.32 Å². The van der Waals surface area contributed by atoms with Crippen LogP contribution in [0.2, 0.25) is 0 Å². The maximum Gasteiger partial charge on any atom is 0.165 e. The molecule has 0 unspecified atom stereocenters. The molecule has 6 nitrogen and oxygen atoms in total. The fourth-order valence-corrected chi connectivity index (χ4v) is 2.77. The van der Waals surface area contributed by atoms with Crippen molar-refractivity contribution in [3.8, 4) is 11.1 Å². The lowest BCUT2D eigenvalue weighted by Crippen LogP contribution is -2.03. The fourth-order valence-electron chi connectivity index (χ4n) is 2.77. The molecule has 4 rings (SSSR count). The second-order valence-corrected chi connectivity index (χ2v) is 5.99. The first kappa shape index (κ1) is 16.0. The summed E-state index contributed by atoms with van der Waals surface area (Å²) in [5.41, 5.74) is 4.36. The Morgan fingerprint density at radius 2 is 2.00 bits per heavy atom. The molecule has 1 N–H and O–H groups in total. The van der Waals surface area contributed by atoms with Crippen molar-refractivity contribution in [3.05, 3.63) is 78.4 Å². The lowest BCUT2D eigenvalue weighted by Gasteiger charge is -2.07. The first-order valence-corrected chi connectivity index (χ1v) is 8.29. The van der Waals surface area contributed by atoms with Gasteiger partial charge >= 0.3 is 0 Å². The summed E-state index contributed by atoms with van der Waals surface area (Å²) < 4.78 is 1.73. The molecule has 0 aliphatic rings. The van der Waals surface area contributed by atoms with Gasteiger partial charge in [-0.1, -0.05) is 18.2 Å². The minimum absolute atomic E-state index is 0.0380. The highest BCUT2D eigenvalue weighted by atomic mass is 16.1. The highest BCUT2D eigenvalue weighted by Crippen LogP contribution is 2.25. The number of hydrogen-bond donors (Lipinski definition) is 1. The van der Waals surface area contributed by atoms with Crippen molar-refractivity contribution >= 4 is 17.2 Å². The molecule has 0 radical (unpaired) electrons. The van der Waals surface area contributed by atoms with Crippen LogP contribution in [0.4, 0.5) is 5.82 Å². The molecule has 0 bridgehead atoms. The average Bonchev–Trinajstić information content (AvgIpc) is 3.10. The molecule has 0 aliphatic heterocycles. The van der Waals surface area contributed by atoms with Crippen molar-refractivity contribution in [2.45, 2.75) is 13.5 Å². The van der Waals surface area contributed by atoms with Gasteiger partial charge in [0.25, 0.3) is 0 Å². The Morgan fingerprint density at radius 1 is 1.15 bits per heavy atom. The van der Waals surface area contributed by atoms with Crippen LogP contribution >= 0.6 is 0 Å². The lowest BCUT2D eigenvalue weighted by molar-refractivity contribution is 0.101. The molecule has 3 heterocycles. The van der Waals surface area contributed by atoms with Crippen LogP contribution in [0.5, 0.6) is 0 Å². The molecule has 0 spiro atoms. The van der Waals surface area contributed by atoms with Gasteiger partial charge in [0.1, 0.15) is 5.82 Å². The monoisotopic (exact) mass is 343 g/mol. The largest absolute Gasteiger partial charge is 0.366 e. The molecule has 128 valence electrons. The molecule has 1 aromatic carbocycles. The number of benzene rings is 1. The van der Waals surface area contributed by atoms with Crippen molar-refractivity contribution < 1.29 is 4.79 Å². The highest BCUT2D eigenvalue weighted by Gasteiger charge is 2.10. The third-order valence-electron chi connectivity index (χ3n) is 4.17. The Labute approximate surface area is 150 Å². The first-order chi connectivity index (χ1) is 12.7. The van der Waals surface area contributed by atoms with Gasteiger partial charge in [0, 0.05) is 36.3 Å². The number of carbonyl (C=O) groups excluding carboxylic acids is 1. The van der Waals surface area contributed by atoms with Crippen molar-refractivity contribution in [1.29, 1.82) is 0 Å². The average molecular weight is 343 g/mol. The summed E-state index contributed by atoms with van der Waals surface area (Å²) in [5.74, 6) is 0.801. The number of nitrogens with one attached hydrogen (secondary N) is 1. The van der Waals surface area contributed by atoms with Gasteiger partial charge in [-0.15, -0.1) is 0 Å². The maximum absolute atomic E-state index is 11.7. The Bertz CT molecular complexity index is 1070. The summed E-state index contributed by atoms with van der Waals surface area (Å²) in [7, 11) is 0. The molecule has 4 aromatic rings. The van der Waals surface area contributed by atoms with Crippen molar-refractivity contribution in [2.75, 3.05) is 5.32 Å². The molecule has 3 aromatic heterocycles. The van der Waals surface area contributed by atoms with Gasteiger partial charge in [0.2, 0.25) is 0 Å². The predicted molar refractivity (Wildman–Crippen MR) is 100.0 cm³/mol. The Balaban J connectivity index is 1.66. The number of carbonyl (C=O) groups is 1. The quantitative estimate of drug-likeness (QED) is 0.561. The van der Waals surface area contributed by atoms with E-state index in [0.29, 0.717) is 12.1 Å². The number of ketones is 1. The van der Waals surface area contributed by atoms with E-state index in [2.05, 4.69) is 20.4 Å². The van der Waals surface area contributed by atoms with E-state index in [0.717, 1.165) is 28.2 Å². The molecule has 6 heteroatoms. The molecule has 0 saturated carbocycles. The minimum atomic E-state index is 0.0380. The summed E-state index contributed by atoms with van der Waals surface area (Å²) >= 11 is 0. The normalized spacial score (nSPS) is 10.8. The van der Waals surface area contributed by atoms with E-state index in [9.17, 15) is 4.79 Å². The van der Waals surface area contributed by atoms with E-state index in [-0.39, 0.29) is 5.78 Å². The van der Waals surface area contributed by atoms with Crippen LogP contribution in [0, 0.1) is 0 Å². The number of fused-ring (bicyclic) bond motifs is 1. The standard InChI is InChI=1S/C20H17N5O/c1-14(26)16-3-2-4-17(11-16)18-13-23-25-10-7-19(24-20(18)25)22-12-15-5-8-21-9-6-15/h2-11,13H,12H2,1H3,(H,22,24). The molecule has 0 saturated heterocycles. The SMILES string of the molecule is CC(=O)c1cccc(-c2cnn3ccc(NCc4ccncc4)nc23)c1. The highest BCUT2D eigenvalue weighted by molar-refractivity contribution is 5.95. The summed E-state index contributed by atoms with van der Waals surface area (Å²) in [5, 5.41) is 7.68. The lowest BCUT2D eigenvalue weighted by atomic mass is 10.0. The zero-order valence-corrected chi connectivity index (χ0v) is 14.3.